The van der Waals surface area contributed by atoms with Gasteiger partial charge in [0.1, 0.15) is 17.3 Å². The van der Waals surface area contributed by atoms with Crippen LogP contribution in [0.3, 0.4) is 0 Å². The van der Waals surface area contributed by atoms with Crippen LogP contribution in [0.2, 0.25) is 5.15 Å². The second-order valence-electron chi connectivity index (χ2n) is 9.49. The number of methoxy groups -OCH3 is 2. The van der Waals surface area contributed by atoms with E-state index in [1.54, 1.807) is 76.6 Å². The summed E-state index contributed by atoms with van der Waals surface area (Å²) in [6.45, 7) is 5.71. The van der Waals surface area contributed by atoms with Gasteiger partial charge in [0.05, 0.1) is 25.8 Å². The van der Waals surface area contributed by atoms with E-state index in [1.807, 2.05) is 0 Å². The maximum Gasteiger partial charge on any atom is 0.254 e. The minimum Gasteiger partial charge on any atom is -0.497 e. The van der Waals surface area contributed by atoms with Gasteiger partial charge in [0.25, 0.3) is 11.8 Å². The lowest BCUT2D eigenvalue weighted by Gasteiger charge is -2.30. The van der Waals surface area contributed by atoms with Crippen molar-refractivity contribution >= 4 is 34.8 Å². The number of halogens is 1. The second kappa shape index (κ2) is 12.7. The number of allylic oxidation sites excluding steroid dienone is 2. The van der Waals surface area contributed by atoms with E-state index in [1.165, 1.54) is 0 Å². The number of unbranched alkanes of at least 4 members (excludes halogenated alkanes) is 1. The van der Waals surface area contributed by atoms with Crippen LogP contribution in [0.15, 0.2) is 71.1 Å². The third kappa shape index (κ3) is 6.31. The first-order valence-electron chi connectivity index (χ1n) is 13.1. The molecule has 9 nitrogen and oxygen atoms in total. The fraction of sp³-hybridized carbons (Fsp3) is 0.300. The summed E-state index contributed by atoms with van der Waals surface area (Å²) in [5, 5.41) is 9.36. The summed E-state index contributed by atoms with van der Waals surface area (Å²) in [6.07, 6.45) is 2.62. The van der Waals surface area contributed by atoms with Gasteiger partial charge in [-0.05, 0) is 68.8 Å². The van der Waals surface area contributed by atoms with Crippen molar-refractivity contribution in [1.29, 1.82) is 0 Å². The van der Waals surface area contributed by atoms with Gasteiger partial charge in [-0.1, -0.05) is 24.9 Å². The standard InChI is InChI=1S/C30H34ClN5O4/c1-6-7-8-23-35-27(28(31)36-23)26-24(29(37)33-19-9-13-21(39-4)14-10-19)17(2)32-18(3)25(26)30(38)34-20-11-15-22(40-5)16-12-20/h9-16,26,32H,6-8H2,1-5H3,(H,33,37)(H,34,38)(H,35,36). The molecule has 0 bridgehead atoms. The number of aryl methyl sites for hydroxylation is 1. The number of aromatic nitrogens is 2. The Morgan fingerprint density at radius 1 is 0.875 bits per heavy atom. The Kier molecular flexibility index (Phi) is 9.16. The zero-order valence-electron chi connectivity index (χ0n) is 23.3. The zero-order valence-corrected chi connectivity index (χ0v) is 24.0. The number of anilines is 2. The summed E-state index contributed by atoms with van der Waals surface area (Å²) < 4.78 is 10.4. The highest BCUT2D eigenvalue weighted by Gasteiger charge is 2.39. The van der Waals surface area contributed by atoms with E-state index in [4.69, 9.17) is 21.1 Å². The maximum absolute atomic E-state index is 13.8. The Labute approximate surface area is 239 Å². The molecule has 3 aromatic rings. The second-order valence-corrected chi connectivity index (χ2v) is 9.85. The molecule has 1 aromatic heterocycles. The van der Waals surface area contributed by atoms with E-state index in [-0.39, 0.29) is 17.0 Å². The quantitative estimate of drug-likeness (QED) is 0.243. The van der Waals surface area contributed by atoms with Crippen LogP contribution in [0.4, 0.5) is 11.4 Å². The lowest BCUT2D eigenvalue weighted by molar-refractivity contribution is -0.113. The largest absolute Gasteiger partial charge is 0.497 e. The van der Waals surface area contributed by atoms with Crippen LogP contribution in [0.25, 0.3) is 0 Å². The normalized spacial score (nSPS) is 13.7. The van der Waals surface area contributed by atoms with E-state index in [0.29, 0.717) is 63.4 Å². The predicted molar refractivity (Wildman–Crippen MR) is 157 cm³/mol. The summed E-state index contributed by atoms with van der Waals surface area (Å²) >= 11 is 6.68. The number of nitrogens with zero attached hydrogens (tertiary/aromatic N) is 1. The number of carbonyl (C=O) groups excluding carboxylic acids is 2. The van der Waals surface area contributed by atoms with E-state index < -0.39 is 5.92 Å². The molecule has 4 N–H and O–H groups in total. The maximum atomic E-state index is 13.8. The molecule has 210 valence electrons. The van der Waals surface area contributed by atoms with Gasteiger partial charge in [-0.25, -0.2) is 4.98 Å². The molecule has 0 saturated carbocycles. The highest BCUT2D eigenvalue weighted by molar-refractivity contribution is 6.30. The predicted octanol–water partition coefficient (Wildman–Crippen LogP) is 5.94. The molecule has 10 heteroatoms. The molecule has 4 rings (SSSR count). The number of hydrogen-bond acceptors (Lipinski definition) is 6. The third-order valence-corrected chi connectivity index (χ3v) is 7.02. The molecule has 2 heterocycles. The Balaban J connectivity index is 1.74. The molecule has 2 aromatic carbocycles. The number of carbonyl (C=O) groups is 2. The molecule has 0 spiro atoms. The topological polar surface area (TPSA) is 117 Å². The van der Waals surface area contributed by atoms with Crippen molar-refractivity contribution in [3.8, 4) is 11.5 Å². The fourth-order valence-corrected chi connectivity index (χ4v) is 4.96. The van der Waals surface area contributed by atoms with Gasteiger partial charge < -0.3 is 30.4 Å². The average Bonchev–Trinajstić information content (AvgIpc) is 3.31. The molecule has 0 saturated heterocycles. The molecular weight excluding hydrogens is 530 g/mol. The molecule has 0 radical (unpaired) electrons. The van der Waals surface area contributed by atoms with Crippen molar-refractivity contribution in [3.05, 3.63) is 87.7 Å². The number of imidazole rings is 1. The third-order valence-electron chi connectivity index (χ3n) is 6.74. The van der Waals surface area contributed by atoms with E-state index in [2.05, 4.69) is 32.8 Å². The first-order chi connectivity index (χ1) is 19.2. The highest BCUT2D eigenvalue weighted by atomic mass is 35.5. The Bertz CT molecular complexity index is 1360. The number of hydrogen-bond donors (Lipinski definition) is 4. The van der Waals surface area contributed by atoms with Crippen molar-refractivity contribution in [1.82, 2.24) is 15.3 Å². The van der Waals surface area contributed by atoms with Crippen molar-refractivity contribution in [2.45, 2.75) is 46.0 Å². The number of amides is 2. The van der Waals surface area contributed by atoms with Crippen molar-refractivity contribution < 1.29 is 19.1 Å². The Morgan fingerprint density at radius 2 is 1.35 bits per heavy atom. The molecule has 0 unspecified atom stereocenters. The van der Waals surface area contributed by atoms with Gasteiger partial charge in [-0.2, -0.15) is 0 Å². The number of dihydropyridines is 1. The molecule has 0 fully saturated rings. The van der Waals surface area contributed by atoms with Gasteiger partial charge in [-0.3, -0.25) is 9.59 Å². The van der Waals surface area contributed by atoms with Crippen LogP contribution >= 0.6 is 11.6 Å². The summed E-state index contributed by atoms with van der Waals surface area (Å²) in [5.41, 5.74) is 3.58. The molecule has 0 atom stereocenters. The molecular formula is C30H34ClN5O4. The van der Waals surface area contributed by atoms with Crippen LogP contribution in [0.5, 0.6) is 11.5 Å². The van der Waals surface area contributed by atoms with Crippen LogP contribution < -0.4 is 25.4 Å². The SMILES string of the molecule is CCCCc1nc(Cl)c(C2C(C(=O)Nc3ccc(OC)cc3)=C(C)NC(C)=C2C(=O)Nc2ccc(OC)cc2)[nH]1. The van der Waals surface area contributed by atoms with Crippen LogP contribution in [-0.4, -0.2) is 36.0 Å². The summed E-state index contributed by atoms with van der Waals surface area (Å²) in [5.74, 6) is 0.510. The number of ether oxygens (including phenoxy) is 2. The Morgan fingerprint density at radius 3 is 1.77 bits per heavy atom. The zero-order chi connectivity index (χ0) is 28.8. The van der Waals surface area contributed by atoms with Crippen molar-refractivity contribution in [3.63, 3.8) is 0 Å². The van der Waals surface area contributed by atoms with Crippen molar-refractivity contribution in [2.24, 2.45) is 0 Å². The van der Waals surface area contributed by atoms with Crippen LogP contribution in [-0.2, 0) is 16.0 Å². The molecule has 0 aliphatic carbocycles. The van der Waals surface area contributed by atoms with E-state index in [9.17, 15) is 9.59 Å². The molecule has 1 aliphatic rings. The van der Waals surface area contributed by atoms with Crippen LogP contribution in [0, 0.1) is 0 Å². The van der Waals surface area contributed by atoms with E-state index >= 15 is 0 Å². The summed E-state index contributed by atoms with van der Waals surface area (Å²) in [4.78, 5) is 35.5. The molecule has 40 heavy (non-hydrogen) atoms. The highest BCUT2D eigenvalue weighted by Crippen LogP contribution is 2.41. The molecule has 2 amide bonds. The first kappa shape index (κ1) is 28.8. The Hall–Kier alpha value is -4.24. The minimum atomic E-state index is -0.798. The summed E-state index contributed by atoms with van der Waals surface area (Å²) in [7, 11) is 3.16. The van der Waals surface area contributed by atoms with Gasteiger partial charge in [0, 0.05) is 40.3 Å². The van der Waals surface area contributed by atoms with E-state index in [0.717, 1.165) is 12.8 Å². The minimum absolute atomic E-state index is 0.225. The number of nitrogens with one attached hydrogen (secondary N) is 4. The number of rotatable bonds is 10. The monoisotopic (exact) mass is 563 g/mol. The smallest absolute Gasteiger partial charge is 0.254 e. The number of H-pyrrole nitrogens is 1. The lowest BCUT2D eigenvalue weighted by Crippen LogP contribution is -2.35. The van der Waals surface area contributed by atoms with Gasteiger partial charge in [0.15, 0.2) is 5.15 Å². The van der Waals surface area contributed by atoms with Gasteiger partial charge >= 0.3 is 0 Å². The molecule has 1 aliphatic heterocycles. The first-order valence-corrected chi connectivity index (χ1v) is 13.5. The lowest BCUT2D eigenvalue weighted by atomic mass is 9.82. The fourth-order valence-electron chi connectivity index (χ4n) is 4.70. The summed E-state index contributed by atoms with van der Waals surface area (Å²) in [6, 6.07) is 14.1. The number of benzene rings is 2. The van der Waals surface area contributed by atoms with Crippen molar-refractivity contribution in [2.75, 3.05) is 24.9 Å². The average molecular weight is 564 g/mol. The van der Waals surface area contributed by atoms with Crippen LogP contribution in [0.1, 0.15) is 51.0 Å². The van der Waals surface area contributed by atoms with Gasteiger partial charge in [-0.15, -0.1) is 0 Å². The van der Waals surface area contributed by atoms with Gasteiger partial charge in [0.2, 0.25) is 0 Å². The number of aromatic amines is 1.